The lowest BCUT2D eigenvalue weighted by atomic mass is 9.48. The summed E-state index contributed by atoms with van der Waals surface area (Å²) in [6.07, 6.45) is 20.7. The summed E-state index contributed by atoms with van der Waals surface area (Å²) in [7, 11) is 0. The van der Waals surface area contributed by atoms with E-state index in [4.69, 9.17) is 11.3 Å². The Morgan fingerprint density at radius 3 is 2.55 bits per heavy atom. The fourth-order valence-electron chi connectivity index (χ4n) is 9.95. The van der Waals surface area contributed by atoms with E-state index in [2.05, 4.69) is 13.8 Å². The lowest BCUT2D eigenvalue weighted by molar-refractivity contribution is -0.0568. The molecule has 5 saturated carbocycles. The van der Waals surface area contributed by atoms with Gasteiger partial charge in [0.2, 0.25) is 0 Å². The van der Waals surface area contributed by atoms with Crippen LogP contribution in [-0.4, -0.2) is 22.4 Å². The number of rotatable bonds is 3. The van der Waals surface area contributed by atoms with E-state index in [1.807, 2.05) is 0 Å². The van der Waals surface area contributed by atoms with E-state index in [1.165, 1.54) is 83.5 Å². The molecule has 2 heteroatoms. The molecule has 5 aliphatic carbocycles. The van der Waals surface area contributed by atoms with Crippen LogP contribution >= 0.6 is 0 Å². The lowest BCUT2D eigenvalue weighted by Gasteiger charge is -2.57. The van der Waals surface area contributed by atoms with Crippen molar-refractivity contribution in [3.8, 4) is 0 Å². The molecule has 0 amide bonds. The van der Waals surface area contributed by atoms with Gasteiger partial charge in [0.05, 0.1) is 17.3 Å². The number of aliphatic hydroxyl groups is 1. The van der Waals surface area contributed by atoms with Gasteiger partial charge in [0, 0.05) is 5.41 Å². The Balaban J connectivity index is 1.20. The molecule has 1 heterocycles. The summed E-state index contributed by atoms with van der Waals surface area (Å²) in [5.41, 5.74) is 2.29. The third kappa shape index (κ3) is 3.40. The largest absolute Gasteiger partial charge is 0.390 e. The molecule has 1 saturated heterocycles. The van der Waals surface area contributed by atoms with Crippen LogP contribution in [0.1, 0.15) is 117 Å². The van der Waals surface area contributed by atoms with Crippen molar-refractivity contribution in [2.45, 2.75) is 134 Å². The molecule has 6 rings (SSSR count). The number of hydrogen-bond donors (Lipinski definition) is 1. The number of allylic oxidation sites excluding steroid dienone is 1. The number of ether oxygens (including phenoxy) is 1. The molecule has 7 unspecified atom stereocenters. The molecule has 6 aliphatic rings. The van der Waals surface area contributed by atoms with Gasteiger partial charge in [-0.15, -0.1) is 0 Å². The van der Waals surface area contributed by atoms with Gasteiger partial charge in [0.15, 0.2) is 0 Å². The molecule has 2 spiro atoms. The number of epoxide rings is 1. The van der Waals surface area contributed by atoms with Gasteiger partial charge in [0.1, 0.15) is 0 Å². The van der Waals surface area contributed by atoms with Crippen molar-refractivity contribution in [2.75, 3.05) is 0 Å². The van der Waals surface area contributed by atoms with Gasteiger partial charge in [-0.3, -0.25) is 0 Å². The van der Waals surface area contributed by atoms with Crippen LogP contribution in [0.5, 0.6) is 0 Å². The van der Waals surface area contributed by atoms with Gasteiger partial charge in [0.25, 0.3) is 0 Å². The Kier molecular flexibility index (Phi) is 4.84. The first-order valence-electron chi connectivity index (χ1n) is 13.8. The molecule has 0 radical (unpaired) electrons. The summed E-state index contributed by atoms with van der Waals surface area (Å²) >= 11 is 0. The van der Waals surface area contributed by atoms with Crippen molar-refractivity contribution < 1.29 is 9.84 Å². The fraction of sp³-hybridized carbons (Fsp3) is 0.931. The van der Waals surface area contributed by atoms with E-state index in [1.54, 1.807) is 5.57 Å². The Morgan fingerprint density at radius 1 is 0.968 bits per heavy atom. The Labute approximate surface area is 190 Å². The zero-order chi connectivity index (χ0) is 21.5. The zero-order valence-corrected chi connectivity index (χ0v) is 20.3. The van der Waals surface area contributed by atoms with Gasteiger partial charge >= 0.3 is 0 Å². The molecular formula is C29H46O2. The van der Waals surface area contributed by atoms with Crippen molar-refractivity contribution in [1.82, 2.24) is 0 Å². The predicted octanol–water partition coefficient (Wildman–Crippen LogP) is 7.20. The monoisotopic (exact) mass is 426 g/mol. The average Bonchev–Trinajstić information content (AvgIpc) is 3.24. The normalized spacial score (nSPS) is 49.9. The summed E-state index contributed by atoms with van der Waals surface area (Å²) in [6, 6.07) is 0. The minimum Gasteiger partial charge on any atom is -0.390 e. The minimum atomic E-state index is -0.353. The summed E-state index contributed by atoms with van der Waals surface area (Å²) in [4.78, 5) is 0. The maximum Gasteiger partial charge on any atom is 0.0957 e. The molecule has 174 valence electrons. The third-order valence-corrected chi connectivity index (χ3v) is 11.4. The van der Waals surface area contributed by atoms with E-state index in [0.29, 0.717) is 16.9 Å². The summed E-state index contributed by atoms with van der Waals surface area (Å²) in [5.74, 6) is 3.26. The molecule has 7 atom stereocenters. The predicted molar refractivity (Wildman–Crippen MR) is 126 cm³/mol. The molecule has 1 aliphatic heterocycles. The Hall–Kier alpha value is -0.340. The molecule has 0 aromatic rings. The van der Waals surface area contributed by atoms with Gasteiger partial charge in [-0.05, 0) is 106 Å². The third-order valence-electron chi connectivity index (χ3n) is 11.4. The Morgan fingerprint density at radius 2 is 1.77 bits per heavy atom. The molecule has 6 fully saturated rings. The van der Waals surface area contributed by atoms with Crippen molar-refractivity contribution in [3.63, 3.8) is 0 Å². The van der Waals surface area contributed by atoms with Crippen LogP contribution in [0.3, 0.4) is 0 Å². The fourth-order valence-corrected chi connectivity index (χ4v) is 9.95. The number of hydrogen-bond acceptors (Lipinski definition) is 2. The van der Waals surface area contributed by atoms with Crippen LogP contribution in [0.2, 0.25) is 0 Å². The van der Waals surface area contributed by atoms with Crippen molar-refractivity contribution in [2.24, 2.45) is 34.5 Å². The second kappa shape index (κ2) is 7.08. The highest BCUT2D eigenvalue weighted by Crippen LogP contribution is 2.70. The average molecular weight is 427 g/mol. The zero-order valence-electron chi connectivity index (χ0n) is 20.3. The lowest BCUT2D eigenvalue weighted by Crippen LogP contribution is -2.50. The van der Waals surface area contributed by atoms with E-state index in [9.17, 15) is 5.11 Å². The highest BCUT2D eigenvalue weighted by atomic mass is 16.6. The SMILES string of the molecule is C=C1CC2(CCC(CCC3(O)CCCCC3)C2)C2OC23CCCC(C3)C2C1CC2(C)C. The van der Waals surface area contributed by atoms with Gasteiger partial charge < -0.3 is 9.84 Å². The molecule has 2 bridgehead atoms. The topological polar surface area (TPSA) is 32.8 Å². The molecule has 31 heavy (non-hydrogen) atoms. The first-order valence-corrected chi connectivity index (χ1v) is 13.8. The van der Waals surface area contributed by atoms with Gasteiger partial charge in [-0.2, -0.15) is 0 Å². The van der Waals surface area contributed by atoms with E-state index < -0.39 is 0 Å². The van der Waals surface area contributed by atoms with Crippen LogP contribution in [0, 0.1) is 34.5 Å². The van der Waals surface area contributed by atoms with Gasteiger partial charge in [-0.1, -0.05) is 51.7 Å². The summed E-state index contributed by atoms with van der Waals surface area (Å²) in [6.45, 7) is 9.78. The van der Waals surface area contributed by atoms with Crippen molar-refractivity contribution in [3.05, 3.63) is 12.2 Å². The van der Waals surface area contributed by atoms with Crippen molar-refractivity contribution >= 4 is 0 Å². The quantitative estimate of drug-likeness (QED) is 0.382. The maximum absolute atomic E-state index is 11.1. The molecule has 2 nitrogen and oxygen atoms in total. The first kappa shape index (κ1) is 21.2. The first-order chi connectivity index (χ1) is 14.7. The molecule has 1 N–H and O–H groups in total. The van der Waals surface area contributed by atoms with Crippen LogP contribution in [0.4, 0.5) is 0 Å². The summed E-state index contributed by atoms with van der Waals surface area (Å²) in [5, 5.41) is 11.1. The van der Waals surface area contributed by atoms with Crippen LogP contribution in [0.15, 0.2) is 12.2 Å². The maximum atomic E-state index is 11.1. The Bertz CT molecular complexity index is 733. The second-order valence-electron chi connectivity index (χ2n) is 13.9. The molecule has 0 aromatic carbocycles. The van der Waals surface area contributed by atoms with E-state index in [0.717, 1.165) is 42.9 Å². The second-order valence-corrected chi connectivity index (χ2v) is 13.9. The van der Waals surface area contributed by atoms with Crippen LogP contribution in [0.25, 0.3) is 0 Å². The van der Waals surface area contributed by atoms with Crippen LogP contribution in [-0.2, 0) is 4.74 Å². The smallest absolute Gasteiger partial charge is 0.0957 e. The van der Waals surface area contributed by atoms with Crippen LogP contribution < -0.4 is 0 Å². The molecule has 0 aromatic heterocycles. The van der Waals surface area contributed by atoms with Gasteiger partial charge in [-0.25, -0.2) is 0 Å². The molecular weight excluding hydrogens is 380 g/mol. The highest BCUT2D eigenvalue weighted by Gasteiger charge is 2.69. The standard InChI is InChI=1S/C29H46O2/c1-20-16-27(14-9-21(17-27)10-15-28(30)11-5-4-6-12-28)25-29(31-25)13-7-8-22(18-29)24-23(20)19-26(24,2)3/h21-25,30H,1,4-19H2,2-3H3. The summed E-state index contributed by atoms with van der Waals surface area (Å²) < 4.78 is 6.79. The van der Waals surface area contributed by atoms with E-state index >= 15 is 0 Å². The van der Waals surface area contributed by atoms with Crippen molar-refractivity contribution in [1.29, 1.82) is 0 Å². The minimum absolute atomic E-state index is 0.222. The number of fused-ring (bicyclic) bond motifs is 4. The van der Waals surface area contributed by atoms with E-state index in [-0.39, 0.29) is 11.2 Å². The highest BCUT2D eigenvalue weighted by molar-refractivity contribution is 5.25.